The summed E-state index contributed by atoms with van der Waals surface area (Å²) in [7, 11) is 0. The average molecular weight is 1340 g/mol. The molecule has 2 atom stereocenters. The number of rotatable bonds is 51. The van der Waals surface area contributed by atoms with Crippen molar-refractivity contribution in [3.05, 3.63) is 57.3 Å². The van der Waals surface area contributed by atoms with Gasteiger partial charge in [-0.2, -0.15) is 0 Å². The number of nitrogens with zero attached hydrogens (tertiary/aromatic N) is 4. The zero-order valence-corrected chi connectivity index (χ0v) is 62.3. The van der Waals surface area contributed by atoms with Crippen molar-refractivity contribution >= 4 is 110 Å². The maximum Gasteiger partial charge on any atom is 0.155 e. The van der Waals surface area contributed by atoms with E-state index in [1.165, 1.54) is 325 Å². The van der Waals surface area contributed by atoms with Gasteiger partial charge in [-0.15, -0.1) is 45.3 Å². The maximum absolute atomic E-state index is 5.61. The molecule has 0 N–H and O–H groups in total. The molecule has 0 aliphatic rings. The molecule has 8 rings (SSSR count). The molecule has 0 fully saturated rings. The highest BCUT2D eigenvalue weighted by atomic mass is 32.1. The predicted molar refractivity (Wildman–Crippen MR) is 403 cm³/mol. The third-order valence-electron chi connectivity index (χ3n) is 18.6. The van der Waals surface area contributed by atoms with Crippen LogP contribution in [0.4, 0.5) is 0 Å². The van der Waals surface area contributed by atoms with E-state index in [9.17, 15) is 0 Å². The summed E-state index contributed by atoms with van der Waals surface area (Å²) in [5, 5.41) is 9.31. The minimum atomic E-state index is 0.691. The lowest BCUT2D eigenvalue weighted by Crippen LogP contribution is -2.05. The van der Waals surface area contributed by atoms with Crippen LogP contribution in [-0.2, 0) is 25.7 Å². The SMILES string of the molecule is CCCCCCCCCCc1ccsc1-c1nc2sc(-c3sc(-c4cc(CC(CCCCCC)CCCCCCCC)c(-c5nc6sc(-c7sccc7CC(CCCCCC)CCCCCCCC)nc6s5)s4)cc3CCCCCCCCCC)nc2s1. The smallest absolute Gasteiger partial charge is 0.155 e. The molecule has 4 nitrogen and oxygen atoms in total. The Bertz CT molecular complexity index is 3030. The van der Waals surface area contributed by atoms with Crippen LogP contribution in [0.3, 0.4) is 0 Å². The van der Waals surface area contributed by atoms with E-state index in [0.717, 1.165) is 54.5 Å². The van der Waals surface area contributed by atoms with Gasteiger partial charge in [0.2, 0.25) is 0 Å². The molecule has 12 heteroatoms. The number of hydrogen-bond acceptors (Lipinski definition) is 12. The summed E-state index contributed by atoms with van der Waals surface area (Å²) in [6, 6.07) is 10.0. The number of aromatic nitrogens is 4. The second kappa shape index (κ2) is 41.5. The van der Waals surface area contributed by atoms with E-state index < -0.39 is 0 Å². The summed E-state index contributed by atoms with van der Waals surface area (Å²) >= 11 is 15.1. The fraction of sp³-hybridized carbons (Fsp3) is 0.684. The third-order valence-corrected chi connectivity index (χ3v) is 27.7. The maximum atomic E-state index is 5.61. The second-order valence-electron chi connectivity index (χ2n) is 26.2. The summed E-state index contributed by atoms with van der Waals surface area (Å²) in [6.45, 7) is 14.0. The van der Waals surface area contributed by atoms with Gasteiger partial charge in [0.05, 0.1) is 19.5 Å². The highest BCUT2D eigenvalue weighted by Gasteiger charge is 2.26. The van der Waals surface area contributed by atoms with Gasteiger partial charge in [0.25, 0.3) is 0 Å². The van der Waals surface area contributed by atoms with Crippen molar-refractivity contribution in [3.8, 4) is 49.3 Å². The first kappa shape index (κ1) is 71.7. The van der Waals surface area contributed by atoms with Crippen molar-refractivity contribution in [1.29, 1.82) is 0 Å². The standard InChI is InChI=1S/C76H114N4S8/c1-7-13-19-25-29-31-35-41-47-59-49-51-81-65(59)69-77-73-75(85-69)79-71(87-73)67-60(48-42-36-32-30-26-20-14-8-2)55-63(83-67)64-56-62(54-58(44-38-24-18-12-6)46-40-34-28-22-16-10-4)68(84-64)72-80-76-74(88-72)78-70(86-76)66-61(50-52-82-66)53-57(43-37-23-17-11-5)45-39-33-27-21-15-9-3/h49-52,55-58H,7-48,53-54H2,1-6H3. The summed E-state index contributed by atoms with van der Waals surface area (Å²) in [6.07, 6.45) is 58.7. The van der Waals surface area contributed by atoms with Gasteiger partial charge in [0.1, 0.15) is 20.0 Å². The number of unbranched alkanes of at least 4 members (excludes halogenated alkanes) is 30. The van der Waals surface area contributed by atoms with Crippen LogP contribution < -0.4 is 0 Å². The first-order chi connectivity index (χ1) is 43.4. The highest BCUT2D eigenvalue weighted by molar-refractivity contribution is 7.34. The van der Waals surface area contributed by atoms with Crippen molar-refractivity contribution in [3.63, 3.8) is 0 Å². The van der Waals surface area contributed by atoms with E-state index in [1.807, 2.05) is 90.7 Å². The molecule has 486 valence electrons. The van der Waals surface area contributed by atoms with Gasteiger partial charge in [-0.25, -0.2) is 19.9 Å². The Morgan fingerprint density at radius 3 is 0.966 bits per heavy atom. The Labute approximate surface area is 567 Å². The summed E-state index contributed by atoms with van der Waals surface area (Å²) in [5.74, 6) is 1.45. The van der Waals surface area contributed by atoms with Gasteiger partial charge in [0, 0.05) is 9.75 Å². The van der Waals surface area contributed by atoms with Gasteiger partial charge in [0.15, 0.2) is 19.3 Å². The molecule has 0 radical (unpaired) electrons. The van der Waals surface area contributed by atoms with Crippen LogP contribution in [0.5, 0.6) is 0 Å². The van der Waals surface area contributed by atoms with Crippen molar-refractivity contribution in [2.24, 2.45) is 11.8 Å². The molecular weight excluding hydrogens is 1230 g/mol. The molecule has 8 aromatic rings. The molecule has 8 heterocycles. The second-order valence-corrected chi connectivity index (χ2v) is 34.0. The molecule has 0 aliphatic heterocycles. The predicted octanol–water partition coefficient (Wildman–Crippen LogP) is 29.5. The number of thiazole rings is 4. The minimum Gasteiger partial charge on any atom is -0.222 e. The highest BCUT2D eigenvalue weighted by Crippen LogP contribution is 2.50. The molecule has 0 bridgehead atoms. The van der Waals surface area contributed by atoms with E-state index in [0.29, 0.717) is 5.92 Å². The molecule has 8 aromatic heterocycles. The fourth-order valence-corrected chi connectivity index (χ4v) is 22.2. The third kappa shape index (κ3) is 23.1. The van der Waals surface area contributed by atoms with Crippen molar-refractivity contribution in [2.45, 2.75) is 324 Å². The molecule has 2 unspecified atom stereocenters. The van der Waals surface area contributed by atoms with E-state index in [4.69, 9.17) is 19.9 Å². The quantitative estimate of drug-likeness (QED) is 0.0357. The number of hydrogen-bond donors (Lipinski definition) is 0. The van der Waals surface area contributed by atoms with Gasteiger partial charge >= 0.3 is 0 Å². The summed E-state index contributed by atoms with van der Waals surface area (Å²) < 4.78 is 0. The lowest BCUT2D eigenvalue weighted by atomic mass is 9.88. The summed E-state index contributed by atoms with van der Waals surface area (Å²) in [5.41, 5.74) is 6.00. The molecule has 0 amide bonds. The average Bonchev–Trinajstić information content (AvgIpc) is 2.46. The molecule has 0 spiro atoms. The normalized spacial score (nSPS) is 12.8. The Morgan fingerprint density at radius 1 is 0.284 bits per heavy atom. The van der Waals surface area contributed by atoms with E-state index >= 15 is 0 Å². The van der Waals surface area contributed by atoms with E-state index in [1.54, 1.807) is 0 Å². The zero-order valence-electron chi connectivity index (χ0n) is 55.8. The van der Waals surface area contributed by atoms with Crippen LogP contribution >= 0.6 is 90.7 Å². The molecule has 0 aliphatic carbocycles. The number of aryl methyl sites for hydroxylation is 2. The van der Waals surface area contributed by atoms with Gasteiger partial charge in [-0.05, 0) is 108 Å². The molecule has 0 saturated heterocycles. The minimum absolute atomic E-state index is 0.691. The Balaban J connectivity index is 1.07. The molecule has 0 saturated carbocycles. The van der Waals surface area contributed by atoms with Crippen LogP contribution in [0.2, 0.25) is 0 Å². The topological polar surface area (TPSA) is 51.6 Å². The van der Waals surface area contributed by atoms with Crippen LogP contribution in [0.15, 0.2) is 35.0 Å². The van der Waals surface area contributed by atoms with Gasteiger partial charge in [-0.3, -0.25) is 0 Å². The lowest BCUT2D eigenvalue weighted by molar-refractivity contribution is 0.403. The molecule has 0 aromatic carbocycles. The largest absolute Gasteiger partial charge is 0.222 e. The van der Waals surface area contributed by atoms with Crippen molar-refractivity contribution < 1.29 is 0 Å². The van der Waals surface area contributed by atoms with Crippen LogP contribution in [0, 0.1) is 11.8 Å². The molecular formula is C76H114N4S8. The summed E-state index contributed by atoms with van der Waals surface area (Å²) in [4.78, 5) is 34.8. The van der Waals surface area contributed by atoms with Crippen LogP contribution in [0.25, 0.3) is 68.6 Å². The van der Waals surface area contributed by atoms with Gasteiger partial charge in [-0.1, -0.05) is 331 Å². The fourth-order valence-electron chi connectivity index (χ4n) is 13.2. The van der Waals surface area contributed by atoms with Crippen LogP contribution in [0.1, 0.15) is 321 Å². The number of fused-ring (bicyclic) bond motifs is 2. The lowest BCUT2D eigenvalue weighted by Gasteiger charge is -2.17. The van der Waals surface area contributed by atoms with E-state index in [-0.39, 0.29) is 0 Å². The first-order valence-electron chi connectivity index (χ1n) is 36.4. The molecule has 88 heavy (non-hydrogen) atoms. The monoisotopic (exact) mass is 1340 g/mol. The van der Waals surface area contributed by atoms with Crippen molar-refractivity contribution in [2.75, 3.05) is 0 Å². The Morgan fingerprint density at radius 2 is 0.568 bits per heavy atom. The van der Waals surface area contributed by atoms with Crippen LogP contribution in [-0.4, -0.2) is 19.9 Å². The zero-order chi connectivity index (χ0) is 61.4. The van der Waals surface area contributed by atoms with E-state index in [2.05, 4.69) is 76.6 Å². The van der Waals surface area contributed by atoms with Crippen molar-refractivity contribution in [1.82, 2.24) is 19.9 Å². The number of thiophene rings is 4. The Hall–Kier alpha value is -2.16. The first-order valence-corrected chi connectivity index (χ1v) is 43.0. The van der Waals surface area contributed by atoms with Gasteiger partial charge < -0.3 is 0 Å². The Kier molecular flexibility index (Phi) is 33.8.